The Hall–Kier alpha value is -2.69. The maximum atomic E-state index is 13.7. The van der Waals surface area contributed by atoms with E-state index in [0.29, 0.717) is 16.7 Å². The second kappa shape index (κ2) is 5.01. The van der Waals surface area contributed by atoms with Crippen molar-refractivity contribution < 1.29 is 18.7 Å². The van der Waals surface area contributed by atoms with Crippen LogP contribution in [0.3, 0.4) is 0 Å². The van der Waals surface area contributed by atoms with Crippen LogP contribution in [0.1, 0.15) is 26.3 Å². The quantitative estimate of drug-likeness (QED) is 0.814. The molecule has 0 bridgehead atoms. The second-order valence-corrected chi connectivity index (χ2v) is 4.71. The molecule has 0 unspecified atom stereocenters. The number of ether oxygens (including phenoxy) is 1. The van der Waals surface area contributed by atoms with Gasteiger partial charge in [0.15, 0.2) is 11.6 Å². The third-order valence-corrected chi connectivity index (χ3v) is 3.44. The van der Waals surface area contributed by atoms with Gasteiger partial charge in [-0.25, -0.2) is 4.39 Å². The monoisotopic (exact) mass is 285 g/mol. The lowest BCUT2D eigenvalue weighted by Gasteiger charge is -2.14. The molecule has 0 aromatic heterocycles. The molecule has 2 amide bonds. The molecule has 0 spiro atoms. The van der Waals surface area contributed by atoms with E-state index in [1.165, 1.54) is 19.2 Å². The minimum atomic E-state index is -0.522. The highest BCUT2D eigenvalue weighted by atomic mass is 19.1. The van der Waals surface area contributed by atoms with Crippen LogP contribution in [0.2, 0.25) is 0 Å². The van der Waals surface area contributed by atoms with Gasteiger partial charge in [-0.3, -0.25) is 14.5 Å². The summed E-state index contributed by atoms with van der Waals surface area (Å²) in [5.74, 6) is -1.11. The van der Waals surface area contributed by atoms with Gasteiger partial charge in [-0.1, -0.05) is 18.2 Å². The number of nitrogens with zero attached hydrogens (tertiary/aromatic N) is 1. The fraction of sp³-hybridized carbons (Fsp3) is 0.125. The molecule has 0 fully saturated rings. The van der Waals surface area contributed by atoms with Crippen LogP contribution in [0.25, 0.3) is 0 Å². The maximum Gasteiger partial charge on any atom is 0.261 e. The highest BCUT2D eigenvalue weighted by Gasteiger charge is 2.34. The average molecular weight is 285 g/mol. The van der Waals surface area contributed by atoms with E-state index >= 15 is 0 Å². The van der Waals surface area contributed by atoms with Gasteiger partial charge in [0.05, 0.1) is 24.8 Å². The molecule has 0 saturated heterocycles. The first-order valence-corrected chi connectivity index (χ1v) is 6.39. The van der Waals surface area contributed by atoms with Crippen LogP contribution in [0, 0.1) is 5.82 Å². The van der Waals surface area contributed by atoms with E-state index in [-0.39, 0.29) is 24.1 Å². The molecule has 0 N–H and O–H groups in total. The summed E-state index contributed by atoms with van der Waals surface area (Å²) >= 11 is 0. The number of rotatable bonds is 3. The Morgan fingerprint density at radius 3 is 2.19 bits per heavy atom. The summed E-state index contributed by atoms with van der Waals surface area (Å²) < 4.78 is 18.5. The number of carbonyl (C=O) groups is 2. The lowest BCUT2D eigenvalue weighted by Crippen LogP contribution is -2.29. The topological polar surface area (TPSA) is 46.6 Å². The van der Waals surface area contributed by atoms with E-state index in [1.807, 2.05) is 0 Å². The summed E-state index contributed by atoms with van der Waals surface area (Å²) in [6, 6.07) is 11.0. The summed E-state index contributed by atoms with van der Waals surface area (Å²) in [6.45, 7) is 0.0350. The van der Waals surface area contributed by atoms with Crippen molar-refractivity contribution in [2.75, 3.05) is 7.11 Å². The molecule has 5 heteroatoms. The molecule has 1 aliphatic heterocycles. The minimum absolute atomic E-state index is 0.0350. The summed E-state index contributed by atoms with van der Waals surface area (Å²) in [5.41, 5.74) is 1.30. The van der Waals surface area contributed by atoms with Crippen LogP contribution in [-0.4, -0.2) is 23.8 Å². The first-order chi connectivity index (χ1) is 10.1. The van der Waals surface area contributed by atoms with Crippen molar-refractivity contribution in [1.82, 2.24) is 4.90 Å². The Morgan fingerprint density at radius 2 is 1.67 bits per heavy atom. The van der Waals surface area contributed by atoms with Crippen molar-refractivity contribution >= 4 is 11.8 Å². The van der Waals surface area contributed by atoms with E-state index in [0.717, 1.165) is 4.90 Å². The van der Waals surface area contributed by atoms with Crippen LogP contribution in [0.5, 0.6) is 5.75 Å². The molecular formula is C16H12FNO3. The standard InChI is InChI=1S/C16H12FNO3/c1-21-14-7-6-10(8-13(14)17)9-18-15(19)11-4-2-3-5-12(11)16(18)20/h2-8H,9H2,1H3. The third-order valence-electron chi connectivity index (χ3n) is 3.44. The number of hydrogen-bond donors (Lipinski definition) is 0. The lowest BCUT2D eigenvalue weighted by atomic mass is 10.1. The zero-order valence-electron chi connectivity index (χ0n) is 11.3. The molecule has 1 aliphatic rings. The Balaban J connectivity index is 1.88. The fourth-order valence-corrected chi connectivity index (χ4v) is 2.37. The number of amides is 2. The SMILES string of the molecule is COc1ccc(CN2C(=O)c3ccccc3C2=O)cc1F. The summed E-state index contributed by atoms with van der Waals surface area (Å²) in [6.07, 6.45) is 0. The molecule has 2 aromatic rings. The molecule has 4 nitrogen and oxygen atoms in total. The third kappa shape index (κ3) is 2.16. The van der Waals surface area contributed by atoms with Gasteiger partial charge in [0.25, 0.3) is 11.8 Å². The van der Waals surface area contributed by atoms with Gasteiger partial charge in [-0.2, -0.15) is 0 Å². The van der Waals surface area contributed by atoms with Gasteiger partial charge in [-0.05, 0) is 29.8 Å². The fourth-order valence-electron chi connectivity index (χ4n) is 2.37. The molecule has 21 heavy (non-hydrogen) atoms. The van der Waals surface area contributed by atoms with E-state index in [4.69, 9.17) is 4.74 Å². The molecular weight excluding hydrogens is 273 g/mol. The molecule has 0 aliphatic carbocycles. The molecule has 0 atom stereocenters. The van der Waals surface area contributed by atoms with Gasteiger partial charge in [0, 0.05) is 0 Å². The summed E-state index contributed by atoms with van der Waals surface area (Å²) in [5, 5.41) is 0. The number of benzene rings is 2. The number of imide groups is 1. The van der Waals surface area contributed by atoms with E-state index in [1.54, 1.807) is 30.3 Å². The second-order valence-electron chi connectivity index (χ2n) is 4.71. The summed E-state index contributed by atoms with van der Waals surface area (Å²) in [4.78, 5) is 25.5. The Labute approximate surface area is 120 Å². The number of carbonyl (C=O) groups excluding carboxylic acids is 2. The molecule has 1 heterocycles. The zero-order valence-corrected chi connectivity index (χ0v) is 11.3. The Kier molecular flexibility index (Phi) is 3.17. The number of fused-ring (bicyclic) bond motifs is 1. The van der Waals surface area contributed by atoms with E-state index < -0.39 is 5.82 Å². The summed E-state index contributed by atoms with van der Waals surface area (Å²) in [7, 11) is 1.38. The Bertz CT molecular complexity index is 707. The maximum absolute atomic E-state index is 13.7. The van der Waals surface area contributed by atoms with Crippen molar-refractivity contribution in [3.8, 4) is 5.75 Å². The van der Waals surface area contributed by atoms with Crippen molar-refractivity contribution in [2.45, 2.75) is 6.54 Å². The van der Waals surface area contributed by atoms with Crippen LogP contribution in [0.15, 0.2) is 42.5 Å². The molecule has 2 aromatic carbocycles. The van der Waals surface area contributed by atoms with Gasteiger partial charge in [0.2, 0.25) is 0 Å². The van der Waals surface area contributed by atoms with Gasteiger partial charge >= 0.3 is 0 Å². The highest BCUT2D eigenvalue weighted by Crippen LogP contribution is 2.25. The first kappa shape index (κ1) is 13.3. The number of hydrogen-bond acceptors (Lipinski definition) is 3. The number of methoxy groups -OCH3 is 1. The van der Waals surface area contributed by atoms with Crippen molar-refractivity contribution in [3.05, 3.63) is 65.0 Å². The Morgan fingerprint density at radius 1 is 1.05 bits per heavy atom. The normalized spacial score (nSPS) is 13.5. The lowest BCUT2D eigenvalue weighted by molar-refractivity contribution is 0.0642. The van der Waals surface area contributed by atoms with Crippen molar-refractivity contribution in [3.63, 3.8) is 0 Å². The number of halogens is 1. The van der Waals surface area contributed by atoms with Crippen molar-refractivity contribution in [2.24, 2.45) is 0 Å². The predicted octanol–water partition coefficient (Wildman–Crippen LogP) is 2.63. The van der Waals surface area contributed by atoms with Crippen LogP contribution in [-0.2, 0) is 6.54 Å². The zero-order chi connectivity index (χ0) is 15.0. The van der Waals surface area contributed by atoms with E-state index in [2.05, 4.69) is 0 Å². The van der Waals surface area contributed by atoms with Crippen LogP contribution < -0.4 is 4.74 Å². The van der Waals surface area contributed by atoms with Gasteiger partial charge in [-0.15, -0.1) is 0 Å². The van der Waals surface area contributed by atoms with Gasteiger partial charge < -0.3 is 4.74 Å². The smallest absolute Gasteiger partial charge is 0.261 e. The van der Waals surface area contributed by atoms with E-state index in [9.17, 15) is 14.0 Å². The largest absolute Gasteiger partial charge is 0.494 e. The molecule has 0 radical (unpaired) electrons. The predicted molar refractivity (Wildman–Crippen MR) is 73.6 cm³/mol. The minimum Gasteiger partial charge on any atom is -0.494 e. The van der Waals surface area contributed by atoms with Crippen LogP contribution in [0.4, 0.5) is 4.39 Å². The van der Waals surface area contributed by atoms with Gasteiger partial charge in [0.1, 0.15) is 0 Å². The van der Waals surface area contributed by atoms with Crippen molar-refractivity contribution in [1.29, 1.82) is 0 Å². The highest BCUT2D eigenvalue weighted by molar-refractivity contribution is 6.21. The average Bonchev–Trinajstić information content (AvgIpc) is 2.73. The first-order valence-electron chi connectivity index (χ1n) is 6.39. The molecule has 3 rings (SSSR count). The van der Waals surface area contributed by atoms with Crippen LogP contribution >= 0.6 is 0 Å². The molecule has 0 saturated carbocycles. The molecule has 106 valence electrons.